The largest absolute Gasteiger partial charge is 0.494 e. The zero-order valence-corrected chi connectivity index (χ0v) is 23.3. The van der Waals surface area contributed by atoms with E-state index in [0.717, 1.165) is 21.9 Å². The van der Waals surface area contributed by atoms with E-state index in [1.165, 1.54) is 6.21 Å². The second kappa shape index (κ2) is 13.3. The number of esters is 1. The van der Waals surface area contributed by atoms with Crippen LogP contribution in [0.1, 0.15) is 29.8 Å². The van der Waals surface area contributed by atoms with Crippen LogP contribution in [0, 0.1) is 0 Å². The summed E-state index contributed by atoms with van der Waals surface area (Å²) in [5.74, 6) is 0.608. The average Bonchev–Trinajstić information content (AvgIpc) is 3.03. The maximum absolute atomic E-state index is 12.9. The number of nitrogens with zero attached hydrogens (tertiary/aromatic N) is 1. The number of hydrazone groups is 1. The molecule has 0 bridgehead atoms. The van der Waals surface area contributed by atoms with Crippen molar-refractivity contribution in [2.45, 2.75) is 20.0 Å². The highest BCUT2D eigenvalue weighted by molar-refractivity contribution is 6.04. The van der Waals surface area contributed by atoms with E-state index in [1.54, 1.807) is 37.3 Å². The van der Waals surface area contributed by atoms with Gasteiger partial charge in [-0.3, -0.25) is 4.79 Å². The Morgan fingerprint density at radius 3 is 2.19 bits per heavy atom. The zero-order chi connectivity index (χ0) is 29.3. The van der Waals surface area contributed by atoms with Gasteiger partial charge >= 0.3 is 5.97 Å². The maximum Gasteiger partial charge on any atom is 0.343 e. The number of nitrogens with one attached hydrogen (secondary N) is 1. The van der Waals surface area contributed by atoms with E-state index in [9.17, 15) is 9.59 Å². The second-order valence-electron chi connectivity index (χ2n) is 9.43. The lowest BCUT2D eigenvalue weighted by Gasteiger charge is -2.14. The van der Waals surface area contributed by atoms with Crippen molar-refractivity contribution >= 4 is 28.9 Å². The highest BCUT2D eigenvalue weighted by atomic mass is 16.5. The van der Waals surface area contributed by atoms with Crippen molar-refractivity contribution in [2.75, 3.05) is 6.61 Å². The number of carbonyl (C=O) groups is 2. The monoisotopic (exact) mass is 558 g/mol. The van der Waals surface area contributed by atoms with Gasteiger partial charge in [-0.2, -0.15) is 5.10 Å². The summed E-state index contributed by atoms with van der Waals surface area (Å²) in [5.41, 5.74) is 5.62. The Morgan fingerprint density at radius 2 is 1.45 bits per heavy atom. The summed E-state index contributed by atoms with van der Waals surface area (Å²) in [6.07, 6.45) is 0.678. The molecule has 0 saturated carbocycles. The molecule has 1 amide bonds. The molecule has 7 nitrogen and oxygen atoms in total. The van der Waals surface area contributed by atoms with Crippen LogP contribution in [0.5, 0.6) is 17.2 Å². The minimum atomic E-state index is -0.797. The van der Waals surface area contributed by atoms with Crippen molar-refractivity contribution in [3.8, 4) is 28.4 Å². The average molecular weight is 559 g/mol. The van der Waals surface area contributed by atoms with E-state index in [-0.39, 0.29) is 0 Å². The number of carbonyl (C=O) groups excluding carboxylic acids is 2. The standard InChI is InChI=1S/C35H30N2O5/c1-3-40-29-18-15-28(16-19-29)35(39)42-33-22-17-27-11-7-8-12-31(27)32(33)23-36-37-34(38)24(2)41-30-20-13-26(14-21-30)25-9-5-4-6-10-25/h4-24H,3H2,1-2H3,(H,37,38)/b36-23-/t24-/m1/s1. The normalized spacial score (nSPS) is 11.7. The topological polar surface area (TPSA) is 86.2 Å². The SMILES string of the molecule is CCOc1ccc(C(=O)Oc2ccc3ccccc3c2/C=N\NC(=O)[C@@H](C)Oc2ccc(-c3ccccc3)cc2)cc1. The maximum atomic E-state index is 12.9. The molecule has 0 aliphatic carbocycles. The fourth-order valence-electron chi connectivity index (χ4n) is 4.38. The highest BCUT2D eigenvalue weighted by Crippen LogP contribution is 2.28. The van der Waals surface area contributed by atoms with Crippen LogP contribution < -0.4 is 19.6 Å². The summed E-state index contributed by atoms with van der Waals surface area (Å²) >= 11 is 0. The molecule has 0 heterocycles. The molecule has 0 saturated heterocycles. The lowest BCUT2D eigenvalue weighted by molar-refractivity contribution is -0.127. The molecule has 5 rings (SSSR count). The second-order valence-corrected chi connectivity index (χ2v) is 9.43. The van der Waals surface area contributed by atoms with Gasteiger partial charge in [-0.1, -0.05) is 72.8 Å². The Morgan fingerprint density at radius 1 is 0.786 bits per heavy atom. The van der Waals surface area contributed by atoms with Crippen molar-refractivity contribution in [1.82, 2.24) is 5.43 Å². The summed E-state index contributed by atoms with van der Waals surface area (Å²) in [5, 5.41) is 5.92. The van der Waals surface area contributed by atoms with Crippen molar-refractivity contribution < 1.29 is 23.8 Å². The smallest absolute Gasteiger partial charge is 0.343 e. The summed E-state index contributed by atoms with van der Waals surface area (Å²) in [6, 6.07) is 35.5. The number of rotatable bonds is 10. The van der Waals surface area contributed by atoms with Crippen molar-refractivity contribution in [1.29, 1.82) is 0 Å². The quantitative estimate of drug-likeness (QED) is 0.0860. The van der Waals surface area contributed by atoms with Crippen LogP contribution in [0.3, 0.4) is 0 Å². The van der Waals surface area contributed by atoms with E-state index in [2.05, 4.69) is 10.5 Å². The number of ether oxygens (including phenoxy) is 3. The molecule has 1 N–H and O–H groups in total. The minimum Gasteiger partial charge on any atom is -0.494 e. The molecule has 5 aromatic carbocycles. The van der Waals surface area contributed by atoms with Crippen LogP contribution in [0.2, 0.25) is 0 Å². The molecule has 7 heteroatoms. The van der Waals surface area contributed by atoms with Crippen LogP contribution in [0.25, 0.3) is 21.9 Å². The molecule has 0 aliphatic rings. The summed E-state index contributed by atoms with van der Waals surface area (Å²) < 4.78 is 17.0. The highest BCUT2D eigenvalue weighted by Gasteiger charge is 2.16. The summed E-state index contributed by atoms with van der Waals surface area (Å²) in [6.45, 7) is 4.08. The van der Waals surface area contributed by atoms with E-state index >= 15 is 0 Å². The zero-order valence-electron chi connectivity index (χ0n) is 23.3. The van der Waals surface area contributed by atoms with E-state index < -0.39 is 18.0 Å². The fraction of sp³-hybridized carbons (Fsp3) is 0.114. The van der Waals surface area contributed by atoms with Gasteiger partial charge in [-0.15, -0.1) is 0 Å². The van der Waals surface area contributed by atoms with Crippen molar-refractivity contribution in [3.05, 3.63) is 126 Å². The fourth-order valence-corrected chi connectivity index (χ4v) is 4.38. The number of benzene rings is 5. The minimum absolute atomic E-state index is 0.313. The molecule has 5 aromatic rings. The molecule has 0 aromatic heterocycles. The lowest BCUT2D eigenvalue weighted by atomic mass is 10.0. The van der Waals surface area contributed by atoms with Crippen molar-refractivity contribution in [2.24, 2.45) is 5.10 Å². The first-order valence-corrected chi connectivity index (χ1v) is 13.6. The van der Waals surface area contributed by atoms with E-state index in [1.807, 2.05) is 91.9 Å². The molecule has 210 valence electrons. The van der Waals surface area contributed by atoms with Gasteiger partial charge in [0, 0.05) is 5.56 Å². The molecule has 0 spiro atoms. The Labute approximate surface area is 244 Å². The van der Waals surface area contributed by atoms with Gasteiger partial charge in [-0.25, -0.2) is 10.2 Å². The summed E-state index contributed by atoms with van der Waals surface area (Å²) in [4.78, 5) is 25.7. The molecular formula is C35H30N2O5. The molecule has 42 heavy (non-hydrogen) atoms. The van der Waals surface area contributed by atoms with Crippen LogP contribution in [-0.2, 0) is 4.79 Å². The first-order valence-electron chi connectivity index (χ1n) is 13.6. The molecule has 0 fully saturated rings. The third kappa shape index (κ3) is 6.82. The van der Waals surface area contributed by atoms with Gasteiger partial charge < -0.3 is 14.2 Å². The number of hydrogen-bond donors (Lipinski definition) is 1. The Kier molecular flexibility index (Phi) is 8.89. The Bertz CT molecular complexity index is 1700. The Hall–Kier alpha value is -5.43. The molecule has 0 aliphatic heterocycles. The van der Waals surface area contributed by atoms with Crippen LogP contribution in [-0.4, -0.2) is 30.8 Å². The molecular weight excluding hydrogens is 528 g/mol. The predicted octanol–water partition coefficient (Wildman–Crippen LogP) is 7.04. The van der Waals surface area contributed by atoms with Crippen molar-refractivity contribution in [3.63, 3.8) is 0 Å². The van der Waals surface area contributed by atoms with Gasteiger partial charge in [0.05, 0.1) is 18.4 Å². The third-order valence-electron chi connectivity index (χ3n) is 6.55. The van der Waals surface area contributed by atoms with Crippen LogP contribution in [0.15, 0.2) is 120 Å². The van der Waals surface area contributed by atoms with Gasteiger partial charge in [0.2, 0.25) is 0 Å². The molecule has 1 atom stereocenters. The third-order valence-corrected chi connectivity index (χ3v) is 6.55. The van der Waals surface area contributed by atoms with Gasteiger partial charge in [0.25, 0.3) is 5.91 Å². The summed E-state index contributed by atoms with van der Waals surface area (Å²) in [7, 11) is 0. The number of amides is 1. The van der Waals surface area contributed by atoms with Crippen LogP contribution in [0.4, 0.5) is 0 Å². The van der Waals surface area contributed by atoms with Gasteiger partial charge in [0.1, 0.15) is 17.2 Å². The van der Waals surface area contributed by atoms with E-state index in [0.29, 0.717) is 35.0 Å². The lowest BCUT2D eigenvalue weighted by Crippen LogP contribution is -2.33. The number of hydrogen-bond acceptors (Lipinski definition) is 6. The van der Waals surface area contributed by atoms with E-state index in [4.69, 9.17) is 14.2 Å². The predicted molar refractivity (Wildman–Crippen MR) is 164 cm³/mol. The first-order chi connectivity index (χ1) is 20.5. The van der Waals surface area contributed by atoms with Gasteiger partial charge in [0.15, 0.2) is 6.10 Å². The van der Waals surface area contributed by atoms with Gasteiger partial charge in [-0.05, 0) is 78.2 Å². The molecule has 0 radical (unpaired) electrons. The molecule has 0 unspecified atom stereocenters. The first kappa shape index (κ1) is 28.1. The number of fused-ring (bicyclic) bond motifs is 1. The Balaban J connectivity index is 1.27. The van der Waals surface area contributed by atoms with Crippen LogP contribution >= 0.6 is 0 Å².